The summed E-state index contributed by atoms with van der Waals surface area (Å²) in [7, 11) is 0. The van der Waals surface area contributed by atoms with Crippen LogP contribution in [0.5, 0.6) is 0 Å². The van der Waals surface area contributed by atoms with Gasteiger partial charge in [-0.3, -0.25) is 0 Å². The SMILES string of the molecule is C[C@@H]1C[C@H](C)C[NH+](C[C@@H](O)CO[C@H]2C[C@@H](C)CC(C)(C)C2)C1. The predicted octanol–water partition coefficient (Wildman–Crippen LogP) is 2.14. The lowest BCUT2D eigenvalue weighted by Crippen LogP contribution is -3.15. The monoisotopic (exact) mass is 312 g/mol. The molecule has 1 heterocycles. The Kier molecular flexibility index (Phi) is 6.32. The second kappa shape index (κ2) is 7.63. The number of likely N-dealkylation sites (tertiary alicyclic amines) is 1. The van der Waals surface area contributed by atoms with Crippen LogP contribution in [0.4, 0.5) is 0 Å². The van der Waals surface area contributed by atoms with Crippen molar-refractivity contribution in [2.45, 2.75) is 72.5 Å². The van der Waals surface area contributed by atoms with Crippen LogP contribution < -0.4 is 4.90 Å². The zero-order chi connectivity index (χ0) is 16.3. The van der Waals surface area contributed by atoms with Crippen LogP contribution in [0, 0.1) is 23.2 Å². The van der Waals surface area contributed by atoms with Crippen LogP contribution >= 0.6 is 0 Å². The first kappa shape index (κ1) is 18.2. The molecule has 1 aliphatic heterocycles. The fourth-order valence-electron chi connectivity index (χ4n) is 5.11. The summed E-state index contributed by atoms with van der Waals surface area (Å²) in [5.41, 5.74) is 0.385. The zero-order valence-electron chi connectivity index (χ0n) is 15.4. The highest BCUT2D eigenvalue weighted by atomic mass is 16.5. The van der Waals surface area contributed by atoms with Gasteiger partial charge in [0.05, 0.1) is 25.8 Å². The summed E-state index contributed by atoms with van der Waals surface area (Å²) in [5, 5.41) is 10.4. The molecule has 2 aliphatic rings. The van der Waals surface area contributed by atoms with E-state index in [1.807, 2.05) is 0 Å². The fraction of sp³-hybridized carbons (Fsp3) is 1.00. The number of hydrogen-bond acceptors (Lipinski definition) is 2. The van der Waals surface area contributed by atoms with E-state index in [1.54, 1.807) is 4.90 Å². The van der Waals surface area contributed by atoms with Crippen molar-refractivity contribution in [1.82, 2.24) is 0 Å². The Morgan fingerprint density at radius 1 is 1.05 bits per heavy atom. The van der Waals surface area contributed by atoms with Crippen LogP contribution in [-0.2, 0) is 4.74 Å². The highest BCUT2D eigenvalue weighted by molar-refractivity contribution is 4.83. The van der Waals surface area contributed by atoms with Gasteiger partial charge in [-0.1, -0.05) is 34.6 Å². The highest BCUT2D eigenvalue weighted by Gasteiger charge is 2.33. The van der Waals surface area contributed by atoms with E-state index in [9.17, 15) is 5.11 Å². The van der Waals surface area contributed by atoms with Gasteiger partial charge in [0.2, 0.25) is 0 Å². The molecule has 1 aliphatic carbocycles. The van der Waals surface area contributed by atoms with Crippen molar-refractivity contribution in [3.8, 4) is 0 Å². The molecule has 2 rings (SSSR count). The molecule has 0 bridgehead atoms. The quantitative estimate of drug-likeness (QED) is 0.815. The van der Waals surface area contributed by atoms with E-state index in [2.05, 4.69) is 34.6 Å². The third-order valence-corrected chi connectivity index (χ3v) is 5.47. The van der Waals surface area contributed by atoms with Crippen LogP contribution in [0.2, 0.25) is 0 Å². The van der Waals surface area contributed by atoms with Gasteiger partial charge in [0.15, 0.2) is 0 Å². The Labute approximate surface area is 137 Å². The second-order valence-corrected chi connectivity index (χ2v) is 9.33. The highest BCUT2D eigenvalue weighted by Crippen LogP contribution is 2.39. The first-order valence-corrected chi connectivity index (χ1v) is 9.36. The number of ether oxygens (including phenoxy) is 1. The molecule has 0 radical (unpaired) electrons. The van der Waals surface area contributed by atoms with Crippen molar-refractivity contribution in [3.63, 3.8) is 0 Å². The Balaban J connectivity index is 1.72. The van der Waals surface area contributed by atoms with E-state index in [0.717, 1.165) is 37.1 Å². The van der Waals surface area contributed by atoms with Crippen LogP contribution in [0.25, 0.3) is 0 Å². The lowest BCUT2D eigenvalue weighted by atomic mass is 9.71. The maximum Gasteiger partial charge on any atom is 0.126 e. The molecule has 2 N–H and O–H groups in total. The van der Waals surface area contributed by atoms with Gasteiger partial charge < -0.3 is 14.7 Å². The number of nitrogens with one attached hydrogen (secondary N) is 1. The number of piperidine rings is 1. The van der Waals surface area contributed by atoms with E-state index in [-0.39, 0.29) is 6.10 Å². The third-order valence-electron chi connectivity index (χ3n) is 5.47. The lowest BCUT2D eigenvalue weighted by molar-refractivity contribution is -0.915. The van der Waals surface area contributed by atoms with E-state index < -0.39 is 0 Å². The van der Waals surface area contributed by atoms with Gasteiger partial charge >= 0.3 is 0 Å². The molecule has 3 nitrogen and oxygen atoms in total. The van der Waals surface area contributed by atoms with Crippen molar-refractivity contribution >= 4 is 0 Å². The summed E-state index contributed by atoms with van der Waals surface area (Å²) in [6.07, 6.45) is 4.94. The minimum Gasteiger partial charge on any atom is -0.385 e. The molecule has 130 valence electrons. The molecule has 6 atom stereocenters. The lowest BCUT2D eigenvalue weighted by Gasteiger charge is -2.39. The molecule has 1 saturated heterocycles. The number of hydrogen-bond donors (Lipinski definition) is 2. The van der Waals surface area contributed by atoms with E-state index in [0.29, 0.717) is 18.1 Å². The first-order valence-electron chi connectivity index (χ1n) is 9.36. The summed E-state index contributed by atoms with van der Waals surface area (Å²) in [4.78, 5) is 1.56. The smallest absolute Gasteiger partial charge is 0.126 e. The molecule has 22 heavy (non-hydrogen) atoms. The molecule has 1 saturated carbocycles. The molecule has 1 unspecified atom stereocenters. The van der Waals surface area contributed by atoms with Crippen molar-refractivity contribution in [2.75, 3.05) is 26.2 Å². The van der Waals surface area contributed by atoms with Gasteiger partial charge in [0.1, 0.15) is 12.6 Å². The van der Waals surface area contributed by atoms with Crippen LogP contribution in [0.15, 0.2) is 0 Å². The Morgan fingerprint density at radius 2 is 1.68 bits per heavy atom. The maximum absolute atomic E-state index is 10.4. The maximum atomic E-state index is 10.4. The van der Waals surface area contributed by atoms with Gasteiger partial charge in [-0.25, -0.2) is 0 Å². The predicted molar refractivity (Wildman–Crippen MR) is 91.1 cm³/mol. The van der Waals surface area contributed by atoms with Gasteiger partial charge in [0, 0.05) is 11.8 Å². The van der Waals surface area contributed by atoms with Crippen LogP contribution in [0.1, 0.15) is 60.3 Å². The summed E-state index contributed by atoms with van der Waals surface area (Å²) in [6.45, 7) is 15.5. The minimum atomic E-state index is -0.312. The van der Waals surface area contributed by atoms with E-state index in [1.165, 1.54) is 25.9 Å². The van der Waals surface area contributed by atoms with Gasteiger partial charge in [0.25, 0.3) is 0 Å². The number of quaternary nitrogens is 1. The number of aliphatic hydroxyl groups excluding tert-OH is 1. The Bertz CT molecular complexity index is 334. The first-order chi connectivity index (χ1) is 10.2. The second-order valence-electron chi connectivity index (χ2n) is 9.33. The molecule has 0 spiro atoms. The van der Waals surface area contributed by atoms with E-state index >= 15 is 0 Å². The van der Waals surface area contributed by atoms with Crippen molar-refractivity contribution < 1.29 is 14.7 Å². The molecule has 3 heteroatoms. The molecular weight excluding hydrogens is 274 g/mol. The average molecular weight is 313 g/mol. The molecule has 0 amide bonds. The minimum absolute atomic E-state index is 0.312. The zero-order valence-corrected chi connectivity index (χ0v) is 15.4. The number of rotatable bonds is 5. The summed E-state index contributed by atoms with van der Waals surface area (Å²) >= 11 is 0. The van der Waals surface area contributed by atoms with Crippen molar-refractivity contribution in [3.05, 3.63) is 0 Å². The largest absolute Gasteiger partial charge is 0.385 e. The molecule has 0 aromatic heterocycles. The van der Waals surface area contributed by atoms with Crippen molar-refractivity contribution in [1.29, 1.82) is 0 Å². The molecule has 2 fully saturated rings. The van der Waals surface area contributed by atoms with E-state index in [4.69, 9.17) is 4.74 Å². The topological polar surface area (TPSA) is 33.9 Å². The molecule has 0 aromatic carbocycles. The fourth-order valence-corrected chi connectivity index (χ4v) is 5.11. The standard InChI is InChI=1S/C19H37NO2/c1-14-7-18(9-19(4,5)8-14)22-13-17(21)12-20-10-15(2)6-16(3)11-20/h14-18,21H,6-13H2,1-5H3/p+1/t14-,15-,16+,17-,18+/m1/s1. The number of aliphatic hydroxyl groups is 1. The van der Waals surface area contributed by atoms with Crippen molar-refractivity contribution in [2.24, 2.45) is 23.2 Å². The van der Waals surface area contributed by atoms with Gasteiger partial charge in [-0.2, -0.15) is 0 Å². The Morgan fingerprint density at radius 3 is 2.27 bits per heavy atom. The molecular formula is C19H38NO2+. The summed E-state index contributed by atoms with van der Waals surface area (Å²) in [5.74, 6) is 2.30. The third kappa shape index (κ3) is 5.82. The summed E-state index contributed by atoms with van der Waals surface area (Å²) < 4.78 is 6.08. The Hall–Kier alpha value is -0.120. The molecule has 0 aromatic rings. The van der Waals surface area contributed by atoms with Gasteiger partial charge in [-0.15, -0.1) is 0 Å². The van der Waals surface area contributed by atoms with Crippen LogP contribution in [0.3, 0.4) is 0 Å². The normalized spacial score (nSPS) is 40.4. The average Bonchev–Trinajstić information content (AvgIpc) is 2.32. The summed E-state index contributed by atoms with van der Waals surface area (Å²) in [6, 6.07) is 0. The van der Waals surface area contributed by atoms with Gasteiger partial charge in [-0.05, 0) is 37.0 Å². The van der Waals surface area contributed by atoms with Crippen LogP contribution in [-0.4, -0.2) is 43.6 Å².